The molecule has 0 fully saturated rings. The molecule has 0 aliphatic heterocycles. The van der Waals surface area contributed by atoms with E-state index < -0.39 is 14.8 Å². The average Bonchev–Trinajstić information content (AvgIpc) is 2.16. The highest BCUT2D eigenvalue weighted by molar-refractivity contribution is 7.91. The molecule has 1 rings (SSSR count). The highest BCUT2D eigenvalue weighted by Crippen LogP contribution is 2.19. The van der Waals surface area contributed by atoms with E-state index in [0.717, 1.165) is 6.20 Å². The van der Waals surface area contributed by atoms with Gasteiger partial charge >= 0.3 is 0 Å². The van der Waals surface area contributed by atoms with E-state index in [1.54, 1.807) is 0 Å². The van der Waals surface area contributed by atoms with Gasteiger partial charge in [-0.05, 0) is 12.5 Å². The molecular weight excluding hydrogens is 256 g/mol. The lowest BCUT2D eigenvalue weighted by Gasteiger charge is -2.04. The molecule has 0 saturated carbocycles. The van der Waals surface area contributed by atoms with Crippen molar-refractivity contribution in [1.82, 2.24) is 4.98 Å². The zero-order chi connectivity index (χ0) is 12.3. The largest absolute Gasteiger partial charge is 0.287 e. The van der Waals surface area contributed by atoms with E-state index in [1.165, 1.54) is 13.0 Å². The van der Waals surface area contributed by atoms with Gasteiger partial charge in [-0.2, -0.15) is 0 Å². The summed E-state index contributed by atoms with van der Waals surface area (Å²) in [5.41, 5.74) is 0.0154. The van der Waals surface area contributed by atoms with Crippen LogP contribution in [0.2, 0.25) is 0 Å². The van der Waals surface area contributed by atoms with Crippen LogP contribution in [0.25, 0.3) is 0 Å². The minimum Gasteiger partial charge on any atom is -0.258 e. The van der Waals surface area contributed by atoms with Gasteiger partial charge in [-0.25, -0.2) is 13.4 Å². The number of nitro groups is 1. The van der Waals surface area contributed by atoms with E-state index in [9.17, 15) is 18.5 Å². The molecule has 8 heteroatoms. The fraction of sp³-hybridized carbons (Fsp3) is 0.375. The Morgan fingerprint density at radius 3 is 2.62 bits per heavy atom. The maximum atomic E-state index is 11.6. The zero-order valence-electron chi connectivity index (χ0n) is 8.38. The first-order valence-electron chi connectivity index (χ1n) is 4.28. The number of nitrogens with zero attached hydrogens (tertiary/aromatic N) is 2. The normalized spacial score (nSPS) is 11.4. The van der Waals surface area contributed by atoms with Crippen LogP contribution in [0.5, 0.6) is 0 Å². The van der Waals surface area contributed by atoms with Gasteiger partial charge in [0.2, 0.25) is 0 Å². The van der Waals surface area contributed by atoms with Crippen molar-refractivity contribution in [2.75, 3.05) is 11.6 Å². The number of hydrogen-bond donors (Lipinski definition) is 0. The smallest absolute Gasteiger partial charge is 0.258 e. The van der Waals surface area contributed by atoms with Crippen molar-refractivity contribution < 1.29 is 13.3 Å². The lowest BCUT2D eigenvalue weighted by Crippen LogP contribution is -2.11. The Balaban J connectivity index is 3.23. The van der Waals surface area contributed by atoms with E-state index >= 15 is 0 Å². The molecule has 1 aromatic heterocycles. The number of pyridine rings is 1. The minimum absolute atomic E-state index is 0.0412. The highest BCUT2D eigenvalue weighted by Gasteiger charge is 2.20. The maximum Gasteiger partial charge on any atom is 0.287 e. The first-order chi connectivity index (χ1) is 7.38. The molecule has 0 unspecified atom stereocenters. The SMILES string of the molecule is Cc1cc([N+](=O)[O-])cnc1S(=O)(=O)CCCl. The predicted octanol–water partition coefficient (Wildman–Crippen LogP) is 1.31. The van der Waals surface area contributed by atoms with Crippen molar-refractivity contribution >= 4 is 27.1 Å². The van der Waals surface area contributed by atoms with Crippen LogP contribution in [0, 0.1) is 17.0 Å². The number of aromatic nitrogens is 1. The van der Waals surface area contributed by atoms with Crippen LogP contribution in [-0.2, 0) is 9.84 Å². The molecule has 1 aromatic rings. The molecule has 16 heavy (non-hydrogen) atoms. The number of sulfone groups is 1. The third kappa shape index (κ3) is 2.67. The molecule has 0 aromatic carbocycles. The standard InChI is InChI=1S/C8H9ClN2O4S/c1-6-4-7(11(12)13)5-10-8(6)16(14,15)3-2-9/h4-5H,2-3H2,1H3. The van der Waals surface area contributed by atoms with Gasteiger partial charge in [0.1, 0.15) is 6.20 Å². The second-order valence-corrected chi connectivity index (χ2v) is 5.48. The van der Waals surface area contributed by atoms with Crippen molar-refractivity contribution in [3.63, 3.8) is 0 Å². The Kier molecular flexibility index (Phi) is 3.82. The number of alkyl halides is 1. The molecule has 0 aliphatic carbocycles. The van der Waals surface area contributed by atoms with Gasteiger partial charge in [-0.3, -0.25) is 10.1 Å². The summed E-state index contributed by atoms with van der Waals surface area (Å²) in [5, 5.41) is 10.3. The zero-order valence-corrected chi connectivity index (χ0v) is 9.95. The Hall–Kier alpha value is -1.21. The third-order valence-electron chi connectivity index (χ3n) is 1.87. The molecule has 0 saturated heterocycles. The fourth-order valence-corrected chi connectivity index (χ4v) is 2.94. The molecule has 0 spiro atoms. The maximum absolute atomic E-state index is 11.6. The molecule has 6 nitrogen and oxygen atoms in total. The minimum atomic E-state index is -3.55. The summed E-state index contributed by atoms with van der Waals surface area (Å²) in [7, 11) is -3.55. The number of aryl methyl sites for hydroxylation is 1. The molecule has 0 radical (unpaired) electrons. The van der Waals surface area contributed by atoms with Gasteiger partial charge in [0, 0.05) is 11.9 Å². The first-order valence-corrected chi connectivity index (χ1v) is 6.47. The Bertz CT molecular complexity index is 515. The van der Waals surface area contributed by atoms with Gasteiger partial charge in [0.05, 0.1) is 10.7 Å². The van der Waals surface area contributed by atoms with Crippen molar-refractivity contribution in [3.05, 3.63) is 27.9 Å². The van der Waals surface area contributed by atoms with Crippen LogP contribution in [0.4, 0.5) is 5.69 Å². The predicted molar refractivity (Wildman–Crippen MR) is 58.4 cm³/mol. The molecule has 0 bridgehead atoms. The van der Waals surface area contributed by atoms with E-state index in [-0.39, 0.29) is 27.9 Å². The van der Waals surface area contributed by atoms with Crippen LogP contribution in [-0.4, -0.2) is 30.0 Å². The van der Waals surface area contributed by atoms with Gasteiger partial charge < -0.3 is 0 Å². The van der Waals surface area contributed by atoms with Gasteiger partial charge in [-0.15, -0.1) is 11.6 Å². The number of rotatable bonds is 4. The van der Waals surface area contributed by atoms with Crippen molar-refractivity contribution in [2.24, 2.45) is 0 Å². The second kappa shape index (κ2) is 4.75. The molecule has 1 heterocycles. The van der Waals surface area contributed by atoms with E-state index in [1.807, 2.05) is 0 Å². The van der Waals surface area contributed by atoms with Crippen LogP contribution in [0.15, 0.2) is 17.3 Å². The lowest BCUT2D eigenvalue weighted by atomic mass is 10.3. The summed E-state index contributed by atoms with van der Waals surface area (Å²) in [6, 6.07) is 1.17. The second-order valence-electron chi connectivity index (χ2n) is 3.08. The van der Waals surface area contributed by atoms with Crippen LogP contribution < -0.4 is 0 Å². The number of halogens is 1. The van der Waals surface area contributed by atoms with E-state index in [4.69, 9.17) is 11.6 Å². The summed E-state index contributed by atoms with van der Waals surface area (Å²) in [5.74, 6) is -0.277. The van der Waals surface area contributed by atoms with Crippen LogP contribution in [0.1, 0.15) is 5.56 Å². The Morgan fingerprint density at radius 1 is 1.56 bits per heavy atom. The first kappa shape index (κ1) is 12.9. The van der Waals surface area contributed by atoms with Crippen LogP contribution in [0.3, 0.4) is 0 Å². The molecular formula is C8H9ClN2O4S. The van der Waals surface area contributed by atoms with Crippen molar-refractivity contribution in [3.8, 4) is 0 Å². The topological polar surface area (TPSA) is 90.2 Å². The summed E-state index contributed by atoms with van der Waals surface area (Å²) in [6.45, 7) is 1.46. The quantitative estimate of drug-likeness (QED) is 0.465. The van der Waals surface area contributed by atoms with Crippen molar-refractivity contribution in [1.29, 1.82) is 0 Å². The molecule has 88 valence electrons. The van der Waals surface area contributed by atoms with Gasteiger partial charge in [0.25, 0.3) is 5.69 Å². The van der Waals surface area contributed by atoms with Crippen LogP contribution >= 0.6 is 11.6 Å². The van der Waals surface area contributed by atoms with Gasteiger partial charge in [0.15, 0.2) is 14.9 Å². The summed E-state index contributed by atoms with van der Waals surface area (Å²) in [6.07, 6.45) is 0.925. The molecule has 0 N–H and O–H groups in total. The summed E-state index contributed by atoms with van der Waals surface area (Å²) in [4.78, 5) is 13.4. The van der Waals surface area contributed by atoms with Crippen molar-refractivity contribution in [2.45, 2.75) is 11.9 Å². The van der Waals surface area contributed by atoms with E-state index in [0.29, 0.717) is 0 Å². The van der Waals surface area contributed by atoms with Gasteiger partial charge in [-0.1, -0.05) is 0 Å². The number of hydrogen-bond acceptors (Lipinski definition) is 5. The molecule has 0 aliphatic rings. The third-order valence-corrected chi connectivity index (χ3v) is 4.04. The summed E-state index contributed by atoms with van der Waals surface area (Å²) >= 11 is 5.35. The fourth-order valence-electron chi connectivity index (χ4n) is 1.17. The highest BCUT2D eigenvalue weighted by atomic mass is 35.5. The Morgan fingerprint density at radius 2 is 2.19 bits per heavy atom. The average molecular weight is 265 g/mol. The monoisotopic (exact) mass is 264 g/mol. The van der Waals surface area contributed by atoms with E-state index in [2.05, 4.69) is 4.98 Å². The lowest BCUT2D eigenvalue weighted by molar-refractivity contribution is -0.385. The summed E-state index contributed by atoms with van der Waals surface area (Å²) < 4.78 is 23.2. The Labute approximate surface area is 97.3 Å². The molecule has 0 atom stereocenters. The molecule has 0 amide bonds.